The third kappa shape index (κ3) is 4.68. The van der Waals surface area contributed by atoms with Gasteiger partial charge in [-0.15, -0.1) is 15.3 Å². The summed E-state index contributed by atoms with van der Waals surface area (Å²) in [5.41, 5.74) is 3.76. The fourth-order valence-electron chi connectivity index (χ4n) is 4.63. The highest BCUT2D eigenvalue weighted by Crippen LogP contribution is 2.27. The molecule has 5 rings (SSSR count). The molecular formula is C27H30N6O3. The summed E-state index contributed by atoms with van der Waals surface area (Å²) in [6, 6.07) is 17.6. The van der Waals surface area contributed by atoms with Crippen LogP contribution in [0.2, 0.25) is 0 Å². The number of rotatable bonds is 7. The zero-order valence-electron chi connectivity index (χ0n) is 20.8. The van der Waals surface area contributed by atoms with Crippen LogP contribution in [0.15, 0.2) is 54.6 Å². The maximum Gasteiger partial charge on any atom is 0.223 e. The zero-order chi connectivity index (χ0) is 25.1. The van der Waals surface area contributed by atoms with E-state index in [4.69, 9.17) is 14.6 Å². The average molecular weight is 487 g/mol. The number of carbonyl (C=O) groups is 1. The first-order chi connectivity index (χ1) is 17.6. The maximum atomic E-state index is 12.9. The Labute approximate surface area is 210 Å². The number of benzene rings is 2. The van der Waals surface area contributed by atoms with Crippen molar-refractivity contribution in [2.24, 2.45) is 5.92 Å². The van der Waals surface area contributed by atoms with E-state index in [9.17, 15) is 4.79 Å². The number of methoxy groups -OCH3 is 2. The Morgan fingerprint density at radius 1 is 1.03 bits per heavy atom. The van der Waals surface area contributed by atoms with Crippen LogP contribution in [0.1, 0.15) is 24.0 Å². The van der Waals surface area contributed by atoms with Crippen LogP contribution in [0.3, 0.4) is 0 Å². The number of hydrogen-bond acceptors (Lipinski definition) is 7. The second kappa shape index (κ2) is 10.2. The number of ether oxygens (including phenoxy) is 2. The Kier molecular flexibility index (Phi) is 6.71. The van der Waals surface area contributed by atoms with Crippen LogP contribution in [0, 0.1) is 12.8 Å². The summed E-state index contributed by atoms with van der Waals surface area (Å²) in [6.45, 7) is 3.98. The van der Waals surface area contributed by atoms with Gasteiger partial charge < -0.3 is 19.7 Å². The highest BCUT2D eigenvalue weighted by molar-refractivity contribution is 5.79. The van der Waals surface area contributed by atoms with Gasteiger partial charge in [-0.3, -0.25) is 4.79 Å². The molecule has 1 fully saturated rings. The molecule has 1 aliphatic heterocycles. The molecule has 2 aromatic carbocycles. The molecule has 3 heterocycles. The molecule has 0 radical (unpaired) electrons. The number of nitrogens with one attached hydrogen (secondary N) is 1. The quantitative estimate of drug-likeness (QED) is 0.426. The van der Waals surface area contributed by atoms with Gasteiger partial charge in [0.05, 0.1) is 14.2 Å². The van der Waals surface area contributed by atoms with Crippen LogP contribution < -0.4 is 19.7 Å². The smallest absolute Gasteiger partial charge is 0.223 e. The van der Waals surface area contributed by atoms with E-state index in [-0.39, 0.29) is 11.8 Å². The first-order valence-electron chi connectivity index (χ1n) is 12.1. The van der Waals surface area contributed by atoms with Crippen molar-refractivity contribution in [3.63, 3.8) is 0 Å². The van der Waals surface area contributed by atoms with Crippen molar-refractivity contribution in [2.45, 2.75) is 26.3 Å². The minimum atomic E-state index is -0.0355. The summed E-state index contributed by atoms with van der Waals surface area (Å²) in [5, 5.41) is 16.6. The van der Waals surface area contributed by atoms with E-state index >= 15 is 0 Å². The molecule has 36 heavy (non-hydrogen) atoms. The van der Waals surface area contributed by atoms with Crippen molar-refractivity contribution in [3.8, 4) is 22.9 Å². The van der Waals surface area contributed by atoms with E-state index in [0.717, 1.165) is 60.0 Å². The van der Waals surface area contributed by atoms with Crippen molar-refractivity contribution >= 4 is 17.4 Å². The molecule has 1 aliphatic rings. The Hall–Kier alpha value is -4.14. The summed E-state index contributed by atoms with van der Waals surface area (Å²) >= 11 is 0. The third-order valence-corrected chi connectivity index (χ3v) is 6.77. The normalized spacial score (nSPS) is 14.1. The number of hydrogen-bond donors (Lipinski definition) is 1. The molecule has 0 saturated carbocycles. The van der Waals surface area contributed by atoms with Gasteiger partial charge >= 0.3 is 0 Å². The average Bonchev–Trinajstić information content (AvgIpc) is 3.35. The number of piperidine rings is 1. The number of amides is 1. The van der Waals surface area contributed by atoms with Gasteiger partial charge in [-0.1, -0.05) is 24.3 Å². The first kappa shape index (κ1) is 23.6. The van der Waals surface area contributed by atoms with Crippen LogP contribution in [0.25, 0.3) is 17.0 Å². The van der Waals surface area contributed by atoms with Crippen LogP contribution >= 0.6 is 0 Å². The lowest BCUT2D eigenvalue weighted by molar-refractivity contribution is -0.125. The monoisotopic (exact) mass is 486 g/mol. The molecule has 0 aliphatic carbocycles. The molecule has 2 aromatic heterocycles. The standard InChI is InChI=1S/C27H30N6O3/c1-18-6-4-5-7-22(18)26-30-29-24-10-11-25(31-33(24)26)32-14-12-19(13-15-32)27(34)28-17-20-8-9-21(35-2)16-23(20)36-3/h4-11,16,19H,12-15,17H2,1-3H3,(H,28,34). The van der Waals surface area contributed by atoms with E-state index in [1.807, 2.05) is 48.5 Å². The number of anilines is 1. The minimum Gasteiger partial charge on any atom is -0.497 e. The highest BCUT2D eigenvalue weighted by Gasteiger charge is 2.26. The van der Waals surface area contributed by atoms with Gasteiger partial charge in [-0.25, -0.2) is 0 Å². The van der Waals surface area contributed by atoms with Crippen LogP contribution in [-0.4, -0.2) is 53.0 Å². The fraction of sp³-hybridized carbons (Fsp3) is 0.333. The van der Waals surface area contributed by atoms with Crippen LogP contribution in [0.4, 0.5) is 5.82 Å². The van der Waals surface area contributed by atoms with Crippen LogP contribution in [0.5, 0.6) is 11.5 Å². The summed E-state index contributed by atoms with van der Waals surface area (Å²) < 4.78 is 12.5. The van der Waals surface area contributed by atoms with Gasteiger partial charge in [0.15, 0.2) is 11.5 Å². The Morgan fingerprint density at radius 2 is 1.83 bits per heavy atom. The van der Waals surface area contributed by atoms with Crippen molar-refractivity contribution < 1.29 is 14.3 Å². The predicted molar refractivity (Wildman–Crippen MR) is 137 cm³/mol. The van der Waals surface area contributed by atoms with Gasteiger partial charge in [0.25, 0.3) is 0 Å². The number of carbonyl (C=O) groups excluding carboxylic acids is 1. The maximum absolute atomic E-state index is 12.9. The topological polar surface area (TPSA) is 93.9 Å². The molecule has 0 unspecified atom stereocenters. The lowest BCUT2D eigenvalue weighted by atomic mass is 9.96. The third-order valence-electron chi connectivity index (χ3n) is 6.77. The largest absolute Gasteiger partial charge is 0.497 e. The summed E-state index contributed by atoms with van der Waals surface area (Å²) in [4.78, 5) is 15.1. The first-order valence-corrected chi connectivity index (χ1v) is 12.1. The Morgan fingerprint density at radius 3 is 2.58 bits per heavy atom. The molecule has 1 saturated heterocycles. The molecule has 0 atom stereocenters. The van der Waals surface area contributed by atoms with Gasteiger partial charge in [-0.2, -0.15) is 4.52 Å². The number of nitrogens with zero attached hydrogens (tertiary/aromatic N) is 5. The van der Waals surface area contributed by atoms with E-state index in [0.29, 0.717) is 17.9 Å². The SMILES string of the molecule is COc1ccc(CNC(=O)C2CCN(c3ccc4nnc(-c5ccccc5C)n4n3)CC2)c(OC)c1. The molecule has 0 bridgehead atoms. The molecule has 9 nitrogen and oxygen atoms in total. The lowest BCUT2D eigenvalue weighted by Gasteiger charge is -2.32. The van der Waals surface area contributed by atoms with Crippen molar-refractivity contribution in [3.05, 3.63) is 65.7 Å². The van der Waals surface area contributed by atoms with Crippen LogP contribution in [-0.2, 0) is 11.3 Å². The minimum absolute atomic E-state index is 0.0355. The lowest BCUT2D eigenvalue weighted by Crippen LogP contribution is -2.40. The molecular weight excluding hydrogens is 456 g/mol. The van der Waals surface area contributed by atoms with Crippen molar-refractivity contribution in [1.82, 2.24) is 25.1 Å². The van der Waals surface area contributed by atoms with E-state index < -0.39 is 0 Å². The Balaban J connectivity index is 1.23. The second-order valence-electron chi connectivity index (χ2n) is 8.96. The second-order valence-corrected chi connectivity index (χ2v) is 8.96. The highest BCUT2D eigenvalue weighted by atomic mass is 16.5. The predicted octanol–water partition coefficient (Wildman–Crippen LogP) is 3.65. The molecule has 9 heteroatoms. The molecule has 0 spiro atoms. The fourth-order valence-corrected chi connectivity index (χ4v) is 4.63. The zero-order valence-corrected chi connectivity index (χ0v) is 20.8. The van der Waals surface area contributed by atoms with Gasteiger partial charge in [0.2, 0.25) is 5.91 Å². The van der Waals surface area contributed by atoms with E-state index in [1.165, 1.54) is 0 Å². The van der Waals surface area contributed by atoms with E-state index in [2.05, 4.69) is 33.4 Å². The number of aryl methyl sites for hydroxylation is 1. The van der Waals surface area contributed by atoms with E-state index in [1.54, 1.807) is 18.7 Å². The molecule has 186 valence electrons. The van der Waals surface area contributed by atoms with Gasteiger partial charge in [-0.05, 0) is 49.6 Å². The van der Waals surface area contributed by atoms with Crippen molar-refractivity contribution in [1.29, 1.82) is 0 Å². The van der Waals surface area contributed by atoms with Gasteiger partial charge in [0.1, 0.15) is 17.3 Å². The van der Waals surface area contributed by atoms with Gasteiger partial charge in [0, 0.05) is 42.7 Å². The van der Waals surface area contributed by atoms with Crippen molar-refractivity contribution in [2.75, 3.05) is 32.2 Å². The Bertz CT molecular complexity index is 1380. The number of aromatic nitrogens is 4. The molecule has 1 N–H and O–H groups in total. The summed E-state index contributed by atoms with van der Waals surface area (Å²) in [6.07, 6.45) is 1.52. The molecule has 4 aromatic rings. The summed E-state index contributed by atoms with van der Waals surface area (Å²) in [7, 11) is 3.23. The molecule has 1 amide bonds. The number of fused-ring (bicyclic) bond motifs is 1. The summed E-state index contributed by atoms with van der Waals surface area (Å²) in [5.74, 6) is 3.04.